The second kappa shape index (κ2) is 9.51. The molecule has 2 aromatic carbocycles. The van der Waals surface area contributed by atoms with Gasteiger partial charge >= 0.3 is 0 Å². The molecule has 5 heteroatoms. The molecule has 0 unspecified atom stereocenters. The number of benzene rings is 2. The highest BCUT2D eigenvalue weighted by atomic mass is 19.1. The molecule has 0 saturated carbocycles. The third-order valence-electron chi connectivity index (χ3n) is 4.08. The molecule has 0 aliphatic heterocycles. The Hall–Kier alpha value is -2.95. The van der Waals surface area contributed by atoms with E-state index in [1.807, 2.05) is 18.2 Å². The van der Waals surface area contributed by atoms with E-state index < -0.39 is 0 Å². The maximum absolute atomic E-state index is 13.6. The van der Waals surface area contributed by atoms with E-state index in [0.29, 0.717) is 24.5 Å². The highest BCUT2D eigenvalue weighted by Crippen LogP contribution is 2.10. The van der Waals surface area contributed by atoms with Crippen LogP contribution in [0, 0.1) is 5.82 Å². The molecule has 0 radical (unpaired) electrons. The summed E-state index contributed by atoms with van der Waals surface area (Å²) in [5.41, 5.74) is 2.03. The summed E-state index contributed by atoms with van der Waals surface area (Å²) < 4.78 is 13.6. The quantitative estimate of drug-likeness (QED) is 0.565. The maximum Gasteiger partial charge on any atom is 0.224 e. The fourth-order valence-electron chi connectivity index (χ4n) is 2.71. The van der Waals surface area contributed by atoms with Gasteiger partial charge in [0.2, 0.25) is 5.95 Å². The number of aryl methyl sites for hydroxylation is 1. The van der Waals surface area contributed by atoms with E-state index in [4.69, 9.17) is 0 Å². The van der Waals surface area contributed by atoms with E-state index in [-0.39, 0.29) is 5.82 Å². The smallest absolute Gasteiger partial charge is 0.224 e. The Morgan fingerprint density at radius 3 is 2.46 bits per heavy atom. The van der Waals surface area contributed by atoms with Crippen LogP contribution in [0.5, 0.6) is 0 Å². The summed E-state index contributed by atoms with van der Waals surface area (Å²) in [6, 6.07) is 19.1. The second-order valence-electron chi connectivity index (χ2n) is 6.05. The highest BCUT2D eigenvalue weighted by molar-refractivity contribution is 5.39. The summed E-state index contributed by atoms with van der Waals surface area (Å²) in [7, 11) is 0. The molecule has 134 valence electrons. The van der Waals surface area contributed by atoms with Crippen LogP contribution in [-0.4, -0.2) is 23.1 Å². The first-order valence-corrected chi connectivity index (χ1v) is 8.89. The lowest BCUT2D eigenvalue weighted by Gasteiger charge is -2.09. The van der Waals surface area contributed by atoms with Crippen molar-refractivity contribution in [1.29, 1.82) is 0 Å². The van der Waals surface area contributed by atoms with Crippen LogP contribution >= 0.6 is 0 Å². The highest BCUT2D eigenvalue weighted by Gasteiger charge is 2.02. The molecule has 0 spiro atoms. The first kappa shape index (κ1) is 17.9. The lowest BCUT2D eigenvalue weighted by Crippen LogP contribution is -2.10. The van der Waals surface area contributed by atoms with Crippen LogP contribution in [0.25, 0.3) is 0 Å². The van der Waals surface area contributed by atoms with Crippen molar-refractivity contribution in [2.24, 2.45) is 0 Å². The molecule has 3 rings (SSSR count). The van der Waals surface area contributed by atoms with Gasteiger partial charge in [-0.2, -0.15) is 4.98 Å². The van der Waals surface area contributed by atoms with Gasteiger partial charge in [-0.05, 0) is 42.5 Å². The number of anilines is 2. The summed E-state index contributed by atoms with van der Waals surface area (Å²) in [6.07, 6.45) is 4.36. The van der Waals surface area contributed by atoms with Gasteiger partial charge in [0, 0.05) is 19.3 Å². The van der Waals surface area contributed by atoms with Gasteiger partial charge in [-0.25, -0.2) is 9.37 Å². The number of hydrogen-bond donors (Lipinski definition) is 2. The molecule has 2 N–H and O–H groups in total. The molecular formula is C21H23FN4. The zero-order valence-corrected chi connectivity index (χ0v) is 14.7. The molecular weight excluding hydrogens is 327 g/mol. The minimum Gasteiger partial charge on any atom is -0.370 e. The van der Waals surface area contributed by atoms with Crippen molar-refractivity contribution in [2.45, 2.75) is 19.3 Å². The normalized spacial score (nSPS) is 10.5. The molecule has 3 aromatic rings. The van der Waals surface area contributed by atoms with Crippen molar-refractivity contribution in [2.75, 3.05) is 23.7 Å². The molecule has 26 heavy (non-hydrogen) atoms. The van der Waals surface area contributed by atoms with Gasteiger partial charge in [0.25, 0.3) is 0 Å². The van der Waals surface area contributed by atoms with E-state index in [1.54, 1.807) is 18.3 Å². The molecule has 0 amide bonds. The van der Waals surface area contributed by atoms with Gasteiger partial charge < -0.3 is 10.6 Å². The zero-order chi connectivity index (χ0) is 18.0. The van der Waals surface area contributed by atoms with E-state index in [2.05, 4.69) is 44.9 Å². The summed E-state index contributed by atoms with van der Waals surface area (Å²) in [5.74, 6) is 1.17. The Balaban J connectivity index is 1.42. The molecule has 0 bridgehead atoms. The van der Waals surface area contributed by atoms with Gasteiger partial charge in [-0.3, -0.25) is 0 Å². The standard InChI is InChI=1S/C21H23FN4/c22-19-11-5-4-10-18(19)12-15-23-20-13-16-25-21(26-20)24-14-6-9-17-7-2-1-3-8-17/h1-5,7-8,10-11,13,16H,6,9,12,14-15H2,(H2,23,24,25,26). The molecule has 1 aromatic heterocycles. The first-order valence-electron chi connectivity index (χ1n) is 8.89. The van der Waals surface area contributed by atoms with Crippen LogP contribution in [0.1, 0.15) is 17.5 Å². The molecule has 0 aliphatic carbocycles. The summed E-state index contributed by atoms with van der Waals surface area (Å²) in [6.45, 7) is 1.43. The van der Waals surface area contributed by atoms with Crippen molar-refractivity contribution in [1.82, 2.24) is 9.97 Å². The minimum atomic E-state index is -0.169. The van der Waals surface area contributed by atoms with E-state index >= 15 is 0 Å². The van der Waals surface area contributed by atoms with E-state index in [9.17, 15) is 4.39 Å². The summed E-state index contributed by atoms with van der Waals surface area (Å²) >= 11 is 0. The summed E-state index contributed by atoms with van der Waals surface area (Å²) in [4.78, 5) is 8.69. The number of halogens is 1. The predicted molar refractivity (Wildman–Crippen MR) is 104 cm³/mol. The molecule has 0 saturated heterocycles. The Morgan fingerprint density at radius 1 is 0.808 bits per heavy atom. The molecule has 1 heterocycles. The van der Waals surface area contributed by atoms with E-state index in [1.165, 1.54) is 11.6 Å². The third-order valence-corrected chi connectivity index (χ3v) is 4.08. The molecule has 0 aliphatic rings. The monoisotopic (exact) mass is 350 g/mol. The van der Waals surface area contributed by atoms with Crippen LogP contribution in [0.3, 0.4) is 0 Å². The fraction of sp³-hybridized carbons (Fsp3) is 0.238. The largest absolute Gasteiger partial charge is 0.370 e. The Morgan fingerprint density at radius 2 is 1.62 bits per heavy atom. The number of nitrogens with one attached hydrogen (secondary N) is 2. The van der Waals surface area contributed by atoms with Gasteiger partial charge in [-0.1, -0.05) is 48.5 Å². The van der Waals surface area contributed by atoms with Crippen molar-refractivity contribution < 1.29 is 4.39 Å². The van der Waals surface area contributed by atoms with Crippen LogP contribution in [0.2, 0.25) is 0 Å². The molecule has 0 fully saturated rings. The molecule has 0 atom stereocenters. The van der Waals surface area contributed by atoms with Gasteiger partial charge in [-0.15, -0.1) is 0 Å². The zero-order valence-electron chi connectivity index (χ0n) is 14.7. The average Bonchev–Trinajstić information content (AvgIpc) is 2.68. The van der Waals surface area contributed by atoms with Crippen molar-refractivity contribution >= 4 is 11.8 Å². The number of nitrogens with zero attached hydrogens (tertiary/aromatic N) is 2. The Labute approximate surface area is 153 Å². The minimum absolute atomic E-state index is 0.169. The Bertz CT molecular complexity index is 808. The third kappa shape index (κ3) is 5.55. The number of hydrogen-bond acceptors (Lipinski definition) is 4. The van der Waals surface area contributed by atoms with Crippen LogP contribution in [0.15, 0.2) is 66.9 Å². The Kier molecular flexibility index (Phi) is 6.53. The van der Waals surface area contributed by atoms with Crippen LogP contribution in [-0.2, 0) is 12.8 Å². The van der Waals surface area contributed by atoms with E-state index in [0.717, 1.165) is 25.2 Å². The lowest BCUT2D eigenvalue weighted by molar-refractivity contribution is 0.610. The maximum atomic E-state index is 13.6. The van der Waals surface area contributed by atoms with Gasteiger partial charge in [0.1, 0.15) is 11.6 Å². The topological polar surface area (TPSA) is 49.8 Å². The first-order chi connectivity index (χ1) is 12.8. The van der Waals surface area contributed by atoms with Gasteiger partial charge in [0.15, 0.2) is 0 Å². The second-order valence-corrected chi connectivity index (χ2v) is 6.05. The van der Waals surface area contributed by atoms with Crippen LogP contribution < -0.4 is 10.6 Å². The molecule has 4 nitrogen and oxygen atoms in total. The number of rotatable bonds is 9. The van der Waals surface area contributed by atoms with Crippen LogP contribution in [0.4, 0.5) is 16.2 Å². The summed E-state index contributed by atoms with van der Waals surface area (Å²) in [5, 5.41) is 6.47. The van der Waals surface area contributed by atoms with Crippen molar-refractivity contribution in [3.8, 4) is 0 Å². The SMILES string of the molecule is Fc1ccccc1CCNc1ccnc(NCCCc2ccccc2)n1. The average molecular weight is 350 g/mol. The van der Waals surface area contributed by atoms with Gasteiger partial charge in [0.05, 0.1) is 0 Å². The predicted octanol–water partition coefficient (Wildman–Crippen LogP) is 4.32. The lowest BCUT2D eigenvalue weighted by atomic mass is 10.1. The van der Waals surface area contributed by atoms with Crippen molar-refractivity contribution in [3.05, 3.63) is 83.8 Å². The van der Waals surface area contributed by atoms with Crippen molar-refractivity contribution in [3.63, 3.8) is 0 Å². The fourth-order valence-corrected chi connectivity index (χ4v) is 2.71. The number of aromatic nitrogens is 2.